The van der Waals surface area contributed by atoms with E-state index in [-0.39, 0.29) is 0 Å². The molecule has 0 radical (unpaired) electrons. The molecule has 1 saturated carbocycles. The zero-order chi connectivity index (χ0) is 13.8. The van der Waals surface area contributed by atoms with Crippen molar-refractivity contribution < 1.29 is 9.26 Å². The fourth-order valence-electron chi connectivity index (χ4n) is 2.74. The molecule has 1 aliphatic heterocycles. The van der Waals surface area contributed by atoms with Crippen molar-refractivity contribution in [2.45, 2.75) is 57.8 Å². The van der Waals surface area contributed by atoms with E-state index in [1.54, 1.807) is 0 Å². The van der Waals surface area contributed by atoms with Crippen molar-refractivity contribution in [2.75, 3.05) is 19.7 Å². The van der Waals surface area contributed by atoms with E-state index in [2.05, 4.69) is 28.4 Å². The van der Waals surface area contributed by atoms with E-state index in [9.17, 15) is 0 Å². The molecule has 1 aromatic rings. The highest BCUT2D eigenvalue weighted by Crippen LogP contribution is 2.20. The van der Waals surface area contributed by atoms with E-state index in [0.717, 1.165) is 57.1 Å². The topological polar surface area (TPSA) is 50.5 Å². The van der Waals surface area contributed by atoms with E-state index < -0.39 is 0 Å². The van der Waals surface area contributed by atoms with Crippen LogP contribution in [-0.2, 0) is 17.8 Å². The highest BCUT2D eigenvalue weighted by Gasteiger charge is 2.22. The second-order valence-corrected chi connectivity index (χ2v) is 5.87. The Bertz CT molecular complexity index is 409. The Morgan fingerprint density at radius 3 is 2.85 bits per heavy atom. The molecule has 1 aromatic heterocycles. The van der Waals surface area contributed by atoms with Gasteiger partial charge in [0.05, 0.1) is 18.3 Å². The Kier molecular flexibility index (Phi) is 4.70. The molecule has 0 amide bonds. The van der Waals surface area contributed by atoms with Crippen LogP contribution in [0.15, 0.2) is 10.6 Å². The SMILES string of the molecule is CCOC1CCN(Cc2cc(CNC3CC3)no2)CC1. The maximum absolute atomic E-state index is 5.67. The third-order valence-electron chi connectivity index (χ3n) is 4.07. The summed E-state index contributed by atoms with van der Waals surface area (Å²) in [6.45, 7) is 6.76. The highest BCUT2D eigenvalue weighted by atomic mass is 16.5. The standard InChI is InChI=1S/C15H25N3O2/c1-2-19-14-5-7-18(8-6-14)11-15-9-13(17-20-15)10-16-12-3-4-12/h9,12,14,16H,2-8,10-11H2,1H3. The van der Waals surface area contributed by atoms with Crippen LogP contribution in [0.25, 0.3) is 0 Å². The third-order valence-corrected chi connectivity index (χ3v) is 4.07. The Morgan fingerprint density at radius 2 is 2.15 bits per heavy atom. The Morgan fingerprint density at radius 1 is 1.35 bits per heavy atom. The molecule has 0 aromatic carbocycles. The number of hydrogen-bond donors (Lipinski definition) is 1. The van der Waals surface area contributed by atoms with Crippen LogP contribution in [0.4, 0.5) is 0 Å². The number of nitrogens with one attached hydrogen (secondary N) is 1. The number of likely N-dealkylation sites (tertiary alicyclic amines) is 1. The molecule has 3 rings (SSSR count). The van der Waals surface area contributed by atoms with Gasteiger partial charge in [0.2, 0.25) is 0 Å². The molecule has 1 saturated heterocycles. The van der Waals surface area contributed by atoms with Gasteiger partial charge in [-0.2, -0.15) is 0 Å². The minimum Gasteiger partial charge on any atom is -0.378 e. The van der Waals surface area contributed by atoms with Crippen LogP contribution in [0.2, 0.25) is 0 Å². The molecule has 1 aliphatic carbocycles. The fraction of sp³-hybridized carbons (Fsp3) is 0.800. The van der Waals surface area contributed by atoms with Gasteiger partial charge in [-0.25, -0.2) is 0 Å². The van der Waals surface area contributed by atoms with Gasteiger partial charge in [-0.3, -0.25) is 4.90 Å². The number of ether oxygens (including phenoxy) is 1. The van der Waals surface area contributed by atoms with Gasteiger partial charge < -0.3 is 14.6 Å². The van der Waals surface area contributed by atoms with Gasteiger partial charge in [0.25, 0.3) is 0 Å². The minimum atomic E-state index is 0.448. The average Bonchev–Trinajstić information content (AvgIpc) is 3.19. The molecule has 0 atom stereocenters. The molecule has 0 spiro atoms. The Labute approximate surface area is 120 Å². The Hall–Kier alpha value is -0.910. The number of hydrogen-bond acceptors (Lipinski definition) is 5. The van der Waals surface area contributed by atoms with E-state index in [1.165, 1.54) is 12.8 Å². The lowest BCUT2D eigenvalue weighted by Gasteiger charge is -2.30. The van der Waals surface area contributed by atoms with Crippen LogP contribution < -0.4 is 5.32 Å². The van der Waals surface area contributed by atoms with Gasteiger partial charge in [-0.05, 0) is 32.6 Å². The first-order valence-electron chi connectivity index (χ1n) is 7.85. The maximum atomic E-state index is 5.67. The second-order valence-electron chi connectivity index (χ2n) is 5.87. The number of nitrogens with zero attached hydrogens (tertiary/aromatic N) is 2. The number of rotatable bonds is 7. The van der Waals surface area contributed by atoms with E-state index >= 15 is 0 Å². The zero-order valence-electron chi connectivity index (χ0n) is 12.3. The average molecular weight is 279 g/mol. The summed E-state index contributed by atoms with van der Waals surface area (Å²) >= 11 is 0. The van der Waals surface area contributed by atoms with Gasteiger partial charge in [0.15, 0.2) is 5.76 Å². The first-order chi connectivity index (χ1) is 9.83. The fourth-order valence-corrected chi connectivity index (χ4v) is 2.74. The second kappa shape index (κ2) is 6.70. The zero-order valence-corrected chi connectivity index (χ0v) is 12.3. The van der Waals surface area contributed by atoms with Crippen molar-refractivity contribution in [2.24, 2.45) is 0 Å². The molecule has 1 N–H and O–H groups in total. The van der Waals surface area contributed by atoms with E-state index in [1.807, 2.05) is 0 Å². The summed E-state index contributed by atoms with van der Waals surface area (Å²) in [7, 11) is 0. The quantitative estimate of drug-likeness (QED) is 0.826. The van der Waals surface area contributed by atoms with Crippen LogP contribution in [0.3, 0.4) is 0 Å². The molecular weight excluding hydrogens is 254 g/mol. The summed E-state index contributed by atoms with van der Waals surface area (Å²) in [5.74, 6) is 0.979. The lowest BCUT2D eigenvalue weighted by atomic mass is 10.1. The normalized spacial score (nSPS) is 21.4. The summed E-state index contributed by atoms with van der Waals surface area (Å²) in [5.41, 5.74) is 1.02. The predicted octanol–water partition coefficient (Wildman–Crippen LogP) is 1.93. The minimum absolute atomic E-state index is 0.448. The summed E-state index contributed by atoms with van der Waals surface area (Å²) in [5, 5.41) is 7.59. The molecule has 20 heavy (non-hydrogen) atoms. The van der Waals surface area contributed by atoms with Crippen LogP contribution in [-0.4, -0.2) is 41.9 Å². The smallest absolute Gasteiger partial charge is 0.151 e. The predicted molar refractivity (Wildman–Crippen MR) is 76.3 cm³/mol. The molecule has 112 valence electrons. The van der Waals surface area contributed by atoms with E-state index in [4.69, 9.17) is 9.26 Å². The molecule has 2 heterocycles. The van der Waals surface area contributed by atoms with Gasteiger partial charge in [0, 0.05) is 38.3 Å². The van der Waals surface area contributed by atoms with E-state index in [0.29, 0.717) is 12.1 Å². The molecule has 5 heteroatoms. The first-order valence-corrected chi connectivity index (χ1v) is 7.85. The van der Waals surface area contributed by atoms with Crippen molar-refractivity contribution in [1.82, 2.24) is 15.4 Å². The maximum Gasteiger partial charge on any atom is 0.151 e. The lowest BCUT2D eigenvalue weighted by Crippen LogP contribution is -2.36. The summed E-state index contributed by atoms with van der Waals surface area (Å²) in [6.07, 6.45) is 5.30. The van der Waals surface area contributed by atoms with Crippen LogP contribution in [0.5, 0.6) is 0 Å². The molecule has 5 nitrogen and oxygen atoms in total. The van der Waals surface area contributed by atoms with Crippen molar-refractivity contribution in [3.63, 3.8) is 0 Å². The van der Waals surface area contributed by atoms with Crippen molar-refractivity contribution >= 4 is 0 Å². The molecule has 2 fully saturated rings. The third kappa shape index (κ3) is 4.04. The van der Waals surface area contributed by atoms with Gasteiger partial charge in [0.1, 0.15) is 0 Å². The number of piperidine rings is 1. The van der Waals surface area contributed by atoms with Gasteiger partial charge in [-0.1, -0.05) is 5.16 Å². The Balaban J connectivity index is 1.41. The summed E-state index contributed by atoms with van der Waals surface area (Å²) < 4.78 is 11.1. The largest absolute Gasteiger partial charge is 0.378 e. The monoisotopic (exact) mass is 279 g/mol. The summed E-state index contributed by atoms with van der Waals surface area (Å²) in [4.78, 5) is 2.42. The lowest BCUT2D eigenvalue weighted by molar-refractivity contribution is 0.0108. The number of aromatic nitrogens is 1. The van der Waals surface area contributed by atoms with Crippen molar-refractivity contribution in [3.8, 4) is 0 Å². The highest BCUT2D eigenvalue weighted by molar-refractivity contribution is 5.06. The van der Waals surface area contributed by atoms with Gasteiger partial charge in [-0.15, -0.1) is 0 Å². The van der Waals surface area contributed by atoms with Crippen LogP contribution in [0, 0.1) is 0 Å². The first kappa shape index (κ1) is 14.0. The van der Waals surface area contributed by atoms with Gasteiger partial charge >= 0.3 is 0 Å². The molecule has 0 unspecified atom stereocenters. The van der Waals surface area contributed by atoms with Crippen molar-refractivity contribution in [1.29, 1.82) is 0 Å². The van der Waals surface area contributed by atoms with Crippen LogP contribution >= 0.6 is 0 Å². The molecule has 0 bridgehead atoms. The molecule has 2 aliphatic rings. The van der Waals surface area contributed by atoms with Crippen molar-refractivity contribution in [3.05, 3.63) is 17.5 Å². The van der Waals surface area contributed by atoms with Crippen LogP contribution in [0.1, 0.15) is 44.1 Å². The summed E-state index contributed by atoms with van der Waals surface area (Å²) in [6, 6.07) is 2.80. The molecular formula is C15H25N3O2.